The van der Waals surface area contributed by atoms with Crippen LogP contribution in [0.2, 0.25) is 0 Å². The van der Waals surface area contributed by atoms with Crippen molar-refractivity contribution in [2.45, 2.75) is 221 Å². The fraction of sp³-hybridized carbons (Fsp3) is 0.833. The minimum atomic E-state index is -2.02. The van der Waals surface area contributed by atoms with Gasteiger partial charge < -0.3 is 78.7 Å². The number of rotatable bonds is 19. The SMILES string of the molecule is C/C=C(/C)C(=O)O[C@@H]([C@H](OC(C)=O)C(C)(C)CC)[C@](C)(CO)[C@H](OC(C)=O)[C@H](OC(C)=O)[C@]1(C)C(C)=CCC2[C@@]3(C)CCC(OC4OC(C(=O)O)C(O)C(OC5OCC(O)C(O)C5O)C4O)[C@@](C)(CO)C3CC[C@]21C. The van der Waals surface area contributed by atoms with Crippen molar-refractivity contribution in [2.24, 2.45) is 44.3 Å². The summed E-state index contributed by atoms with van der Waals surface area (Å²) in [6, 6.07) is 0. The van der Waals surface area contributed by atoms with Crippen LogP contribution in [-0.2, 0) is 61.9 Å². The van der Waals surface area contributed by atoms with Gasteiger partial charge in [0, 0.05) is 42.6 Å². The van der Waals surface area contributed by atoms with Gasteiger partial charge in [-0.15, -0.1) is 0 Å². The normalized spacial score (nSPS) is 39.7. The molecule has 21 nitrogen and oxygen atoms in total. The molecule has 0 aromatic heterocycles. The Morgan fingerprint density at radius 3 is 1.91 bits per heavy atom. The van der Waals surface area contributed by atoms with E-state index in [1.165, 1.54) is 20.8 Å². The van der Waals surface area contributed by atoms with E-state index in [9.17, 15) is 64.8 Å². The molecule has 0 aromatic carbocycles. The number of aliphatic hydroxyl groups excluding tert-OH is 7. The summed E-state index contributed by atoms with van der Waals surface area (Å²) >= 11 is 0. The van der Waals surface area contributed by atoms with Crippen LogP contribution in [0.15, 0.2) is 23.3 Å². The molecule has 0 radical (unpaired) electrons. The number of aliphatic hydroxyl groups is 7. The van der Waals surface area contributed by atoms with Gasteiger partial charge in [-0.1, -0.05) is 66.2 Å². The smallest absolute Gasteiger partial charge is 0.335 e. The predicted molar refractivity (Wildman–Crippen MR) is 264 cm³/mol. The molecule has 0 bridgehead atoms. The average Bonchev–Trinajstić information content (AvgIpc) is 3.34. The molecule has 75 heavy (non-hydrogen) atoms. The monoisotopic (exact) mass is 1070 g/mol. The van der Waals surface area contributed by atoms with Crippen LogP contribution in [0.4, 0.5) is 0 Å². The molecule has 5 rings (SSSR count). The van der Waals surface area contributed by atoms with Crippen molar-refractivity contribution in [3.63, 3.8) is 0 Å². The minimum Gasteiger partial charge on any atom is -0.479 e. The maximum atomic E-state index is 13.9. The molecule has 4 fully saturated rings. The fourth-order valence-corrected chi connectivity index (χ4v) is 13.6. The molecule has 5 aliphatic rings. The lowest BCUT2D eigenvalue weighted by Crippen LogP contribution is -2.70. The van der Waals surface area contributed by atoms with E-state index < -0.39 is 168 Å². The van der Waals surface area contributed by atoms with Crippen molar-refractivity contribution in [3.8, 4) is 0 Å². The molecule has 2 aliphatic heterocycles. The number of ether oxygens (including phenoxy) is 8. The van der Waals surface area contributed by atoms with Gasteiger partial charge >= 0.3 is 29.8 Å². The van der Waals surface area contributed by atoms with Crippen molar-refractivity contribution in [1.29, 1.82) is 0 Å². The fourth-order valence-electron chi connectivity index (χ4n) is 13.6. The average molecular weight is 1070 g/mol. The summed E-state index contributed by atoms with van der Waals surface area (Å²) in [7, 11) is 0. The zero-order valence-corrected chi connectivity index (χ0v) is 46.1. The number of allylic oxidation sites excluding steroid dienone is 2. The first kappa shape index (κ1) is 62.2. The maximum Gasteiger partial charge on any atom is 0.335 e. The Morgan fingerprint density at radius 2 is 1.37 bits per heavy atom. The van der Waals surface area contributed by atoms with Gasteiger partial charge in [0.1, 0.15) is 48.8 Å². The number of fused-ring (bicyclic) bond motifs is 3. The molecule has 21 heteroatoms. The summed E-state index contributed by atoms with van der Waals surface area (Å²) < 4.78 is 48.6. The van der Waals surface area contributed by atoms with E-state index in [-0.39, 0.29) is 23.8 Å². The molecule has 12 unspecified atom stereocenters. The quantitative estimate of drug-likeness (QED) is 0.0303. The number of carboxylic acid groups (broad SMARTS) is 1. The van der Waals surface area contributed by atoms with Gasteiger partial charge in [-0.05, 0) is 88.9 Å². The molecule has 21 atom stereocenters. The highest BCUT2D eigenvalue weighted by Gasteiger charge is 2.71. The topological polar surface area (TPSA) is 321 Å². The molecule has 2 heterocycles. The van der Waals surface area contributed by atoms with Crippen LogP contribution < -0.4 is 0 Å². The van der Waals surface area contributed by atoms with E-state index in [2.05, 4.69) is 19.9 Å². The Hall–Kier alpha value is -3.61. The van der Waals surface area contributed by atoms with Crippen molar-refractivity contribution < 1.29 is 103 Å². The van der Waals surface area contributed by atoms with E-state index in [1.807, 2.05) is 41.5 Å². The number of hydrogen-bond acceptors (Lipinski definition) is 20. The first-order chi connectivity index (χ1) is 34.7. The summed E-state index contributed by atoms with van der Waals surface area (Å²) in [5.41, 5.74) is -5.59. The zero-order valence-electron chi connectivity index (χ0n) is 46.1. The van der Waals surface area contributed by atoms with Crippen LogP contribution >= 0.6 is 0 Å². The molecule has 428 valence electrons. The number of esters is 4. The summed E-state index contributed by atoms with van der Waals surface area (Å²) in [6.07, 6.45) is -16.7. The van der Waals surface area contributed by atoms with E-state index in [1.54, 1.807) is 26.8 Å². The number of carbonyl (C=O) groups excluding carboxylic acids is 4. The van der Waals surface area contributed by atoms with Crippen molar-refractivity contribution in [3.05, 3.63) is 23.3 Å². The van der Waals surface area contributed by atoms with Gasteiger partial charge in [0.15, 0.2) is 30.9 Å². The van der Waals surface area contributed by atoms with Crippen LogP contribution in [0.1, 0.15) is 135 Å². The lowest BCUT2D eigenvalue weighted by atomic mass is 9.35. The Bertz CT molecular complexity index is 2140. The molecule has 2 saturated carbocycles. The Balaban J connectivity index is 1.60. The number of carboxylic acids is 1. The second-order valence-electron chi connectivity index (χ2n) is 23.7. The standard InChI is InChI=1S/C54H86O21/c1-15-26(3)46(67)75-42(41(69-28(5)57)49(8,9)16-2)52(12,25-56)43(70-29(6)58)44(71-30(7)59)54(14)27(4)17-18-33-50(10)21-20-34(51(11,24-55)32(50)19-22-53(33,54)13)72-48-38(64)39(37(63)40(74-48)45(65)66)73-47-36(62)35(61)31(60)23-68-47/h15,17,31-44,47-48,55-56,60-64H,16,18-25H2,1-14H3,(H,65,66)/b26-15-/t31?,32?,33?,34?,35?,36?,37?,38?,39?,40?,41-,42-,43+,44-,47?,48?,50-,51-,52-,53+,54-/m0/s1. The Labute approximate surface area is 440 Å². The first-order valence-corrected chi connectivity index (χ1v) is 26.2. The molecule has 3 aliphatic carbocycles. The Kier molecular flexibility index (Phi) is 19.4. The number of carbonyl (C=O) groups is 5. The van der Waals surface area contributed by atoms with Crippen LogP contribution in [0.3, 0.4) is 0 Å². The van der Waals surface area contributed by atoms with Gasteiger partial charge in [-0.3, -0.25) is 14.4 Å². The summed E-state index contributed by atoms with van der Waals surface area (Å²) in [4.78, 5) is 66.7. The van der Waals surface area contributed by atoms with E-state index in [0.717, 1.165) is 5.57 Å². The molecular formula is C54H86O21. The predicted octanol–water partition coefficient (Wildman–Crippen LogP) is 3.02. The maximum absolute atomic E-state index is 13.9. The number of hydrogen-bond donors (Lipinski definition) is 8. The second-order valence-corrected chi connectivity index (χ2v) is 23.7. The van der Waals surface area contributed by atoms with Crippen molar-refractivity contribution >= 4 is 29.8 Å². The van der Waals surface area contributed by atoms with Gasteiger partial charge in [-0.2, -0.15) is 0 Å². The molecule has 0 amide bonds. The molecular weight excluding hydrogens is 985 g/mol. The molecule has 0 spiro atoms. The van der Waals surface area contributed by atoms with Gasteiger partial charge in [0.2, 0.25) is 0 Å². The summed E-state index contributed by atoms with van der Waals surface area (Å²) in [5, 5.41) is 87.3. The van der Waals surface area contributed by atoms with Crippen LogP contribution in [0.5, 0.6) is 0 Å². The van der Waals surface area contributed by atoms with Crippen molar-refractivity contribution in [1.82, 2.24) is 0 Å². The zero-order chi connectivity index (χ0) is 56.7. The third-order valence-electron chi connectivity index (χ3n) is 18.9. The van der Waals surface area contributed by atoms with E-state index in [0.29, 0.717) is 32.1 Å². The molecule has 2 saturated heterocycles. The molecule has 8 N–H and O–H groups in total. The van der Waals surface area contributed by atoms with E-state index in [4.69, 9.17) is 37.9 Å². The van der Waals surface area contributed by atoms with Crippen LogP contribution in [0.25, 0.3) is 0 Å². The largest absolute Gasteiger partial charge is 0.479 e. The number of aliphatic carboxylic acids is 1. The Morgan fingerprint density at radius 1 is 0.773 bits per heavy atom. The highest BCUT2D eigenvalue weighted by atomic mass is 16.7. The second kappa shape index (κ2) is 23.4. The third kappa shape index (κ3) is 11.3. The molecule has 0 aromatic rings. The lowest BCUT2D eigenvalue weighted by Gasteiger charge is -2.70. The van der Waals surface area contributed by atoms with Gasteiger partial charge in [-0.25, -0.2) is 9.59 Å². The minimum absolute atomic E-state index is 0.211. The highest BCUT2D eigenvalue weighted by molar-refractivity contribution is 5.87. The summed E-state index contributed by atoms with van der Waals surface area (Å²) in [6.45, 7) is 22.1. The van der Waals surface area contributed by atoms with Gasteiger partial charge in [0.25, 0.3) is 0 Å². The first-order valence-electron chi connectivity index (χ1n) is 26.2. The highest BCUT2D eigenvalue weighted by Crippen LogP contribution is 2.73. The van der Waals surface area contributed by atoms with Crippen LogP contribution in [-0.4, -0.2) is 176 Å². The van der Waals surface area contributed by atoms with Gasteiger partial charge in [0.05, 0.1) is 31.3 Å². The van der Waals surface area contributed by atoms with E-state index >= 15 is 0 Å². The lowest BCUT2D eigenvalue weighted by molar-refractivity contribution is -0.358. The third-order valence-corrected chi connectivity index (χ3v) is 18.9. The van der Waals surface area contributed by atoms with Crippen LogP contribution in [0, 0.1) is 44.3 Å². The van der Waals surface area contributed by atoms with Crippen molar-refractivity contribution in [2.75, 3.05) is 19.8 Å². The summed E-state index contributed by atoms with van der Waals surface area (Å²) in [5.74, 6) is -5.24.